The van der Waals surface area contributed by atoms with Crippen LogP contribution in [0, 0.1) is 6.92 Å². The predicted molar refractivity (Wildman–Crippen MR) is 86.7 cm³/mol. The van der Waals surface area contributed by atoms with Gasteiger partial charge in [0.1, 0.15) is 17.3 Å². The Morgan fingerprint density at radius 1 is 1.19 bits per heavy atom. The van der Waals surface area contributed by atoms with Crippen molar-refractivity contribution in [3.05, 3.63) is 17.6 Å². The van der Waals surface area contributed by atoms with Crippen LogP contribution in [0.1, 0.15) is 62.3 Å². The third kappa shape index (κ3) is 6.10. The summed E-state index contributed by atoms with van der Waals surface area (Å²) in [6.45, 7) is 7.75. The molecule has 0 radical (unpaired) electrons. The van der Waals surface area contributed by atoms with Crippen molar-refractivity contribution in [2.24, 2.45) is 0 Å². The summed E-state index contributed by atoms with van der Waals surface area (Å²) in [5, 5.41) is 3.28. The predicted octanol–water partition coefficient (Wildman–Crippen LogP) is 3.26. The lowest BCUT2D eigenvalue weighted by Gasteiger charge is -2.17. The molecule has 0 bridgehead atoms. The fraction of sp³-hybridized carbons (Fsp3) is 0.688. The Morgan fingerprint density at radius 3 is 2.57 bits per heavy atom. The summed E-state index contributed by atoms with van der Waals surface area (Å²) in [6, 6.07) is 1.75. The second kappa shape index (κ2) is 9.32. The number of rotatable bonds is 9. The van der Waals surface area contributed by atoms with Crippen molar-refractivity contribution in [2.75, 3.05) is 25.5 Å². The zero-order valence-corrected chi connectivity index (χ0v) is 13.8. The molecule has 0 spiro atoms. The smallest absolute Gasteiger partial charge is 0.272 e. The van der Waals surface area contributed by atoms with E-state index in [4.69, 9.17) is 0 Å². The quantitative estimate of drug-likeness (QED) is 0.710. The number of carbonyl (C=O) groups is 1. The van der Waals surface area contributed by atoms with Crippen molar-refractivity contribution in [3.8, 4) is 0 Å². The normalized spacial score (nSPS) is 10.5. The molecule has 1 aromatic rings. The van der Waals surface area contributed by atoms with Gasteiger partial charge in [0.25, 0.3) is 5.91 Å². The van der Waals surface area contributed by atoms with E-state index >= 15 is 0 Å². The molecule has 0 saturated heterocycles. The first-order valence-corrected chi connectivity index (χ1v) is 7.93. The number of anilines is 1. The molecule has 5 nitrogen and oxygen atoms in total. The van der Waals surface area contributed by atoms with Gasteiger partial charge in [-0.15, -0.1) is 0 Å². The fourth-order valence-electron chi connectivity index (χ4n) is 2.05. The molecule has 1 amide bonds. The Labute approximate surface area is 128 Å². The summed E-state index contributed by atoms with van der Waals surface area (Å²) in [5.74, 6) is 1.33. The zero-order valence-electron chi connectivity index (χ0n) is 13.8. The summed E-state index contributed by atoms with van der Waals surface area (Å²) in [4.78, 5) is 22.7. The summed E-state index contributed by atoms with van der Waals surface area (Å²) in [6.07, 6.45) is 5.58. The van der Waals surface area contributed by atoms with Gasteiger partial charge in [-0.25, -0.2) is 9.97 Å². The second-order valence-corrected chi connectivity index (χ2v) is 5.40. The number of aryl methyl sites for hydroxylation is 1. The number of carbonyl (C=O) groups excluding carboxylic acids is 1. The van der Waals surface area contributed by atoms with Crippen LogP contribution in [0.4, 0.5) is 5.82 Å². The molecule has 0 unspecified atom stereocenters. The first-order valence-electron chi connectivity index (χ1n) is 7.93. The number of nitrogens with one attached hydrogen (secondary N) is 1. The van der Waals surface area contributed by atoms with Crippen molar-refractivity contribution in [3.63, 3.8) is 0 Å². The van der Waals surface area contributed by atoms with E-state index in [9.17, 15) is 4.79 Å². The second-order valence-electron chi connectivity index (χ2n) is 5.40. The molecule has 21 heavy (non-hydrogen) atoms. The molecule has 0 atom stereocenters. The van der Waals surface area contributed by atoms with E-state index in [2.05, 4.69) is 29.1 Å². The molecule has 0 aliphatic heterocycles. The highest BCUT2D eigenvalue weighted by molar-refractivity contribution is 5.92. The molecule has 1 N–H and O–H groups in total. The third-order valence-electron chi connectivity index (χ3n) is 3.34. The SMILES string of the molecule is CCCCCNc1cc(C(=O)N(C)CCCC)nc(C)n1. The molecule has 118 valence electrons. The van der Waals surface area contributed by atoms with Crippen LogP contribution in [0.15, 0.2) is 6.07 Å². The van der Waals surface area contributed by atoms with Crippen LogP contribution in [0.3, 0.4) is 0 Å². The minimum absolute atomic E-state index is 0.0365. The highest BCUT2D eigenvalue weighted by atomic mass is 16.2. The summed E-state index contributed by atoms with van der Waals surface area (Å²) in [5.41, 5.74) is 0.471. The molecule has 1 heterocycles. The van der Waals surface area contributed by atoms with Gasteiger partial charge in [0, 0.05) is 26.2 Å². The molecule has 1 aromatic heterocycles. The Balaban J connectivity index is 2.69. The maximum atomic E-state index is 12.3. The number of unbranched alkanes of at least 4 members (excludes halogenated alkanes) is 3. The molecule has 0 aliphatic carbocycles. The van der Waals surface area contributed by atoms with Gasteiger partial charge >= 0.3 is 0 Å². The standard InChI is InChI=1S/C16H28N4O/c1-5-7-9-10-17-15-12-14(18-13(3)19-15)16(21)20(4)11-8-6-2/h12H,5-11H2,1-4H3,(H,17,18,19). The summed E-state index contributed by atoms with van der Waals surface area (Å²) < 4.78 is 0. The van der Waals surface area contributed by atoms with Gasteiger partial charge < -0.3 is 10.2 Å². The van der Waals surface area contributed by atoms with Gasteiger partial charge in [0.15, 0.2) is 0 Å². The Hall–Kier alpha value is -1.65. The monoisotopic (exact) mass is 292 g/mol. The minimum Gasteiger partial charge on any atom is -0.370 e. The largest absolute Gasteiger partial charge is 0.370 e. The lowest BCUT2D eigenvalue weighted by atomic mass is 10.2. The number of nitrogens with zero attached hydrogens (tertiary/aromatic N) is 3. The Bertz CT molecular complexity index is 448. The molecule has 0 aliphatic rings. The van der Waals surface area contributed by atoms with Gasteiger partial charge in [0.05, 0.1) is 0 Å². The number of amides is 1. The third-order valence-corrected chi connectivity index (χ3v) is 3.34. The van der Waals surface area contributed by atoms with Crippen LogP contribution in [0.2, 0.25) is 0 Å². The lowest BCUT2D eigenvalue weighted by Crippen LogP contribution is -2.28. The van der Waals surface area contributed by atoms with E-state index in [0.29, 0.717) is 11.5 Å². The lowest BCUT2D eigenvalue weighted by molar-refractivity contribution is 0.0787. The highest BCUT2D eigenvalue weighted by Gasteiger charge is 2.14. The maximum Gasteiger partial charge on any atom is 0.272 e. The number of hydrogen-bond donors (Lipinski definition) is 1. The number of aromatic nitrogens is 2. The average Bonchev–Trinajstić information content (AvgIpc) is 2.48. The maximum absolute atomic E-state index is 12.3. The molecular formula is C16H28N4O. The first kappa shape index (κ1) is 17.4. The topological polar surface area (TPSA) is 58.1 Å². The van der Waals surface area contributed by atoms with Gasteiger partial charge in [-0.1, -0.05) is 33.1 Å². The van der Waals surface area contributed by atoms with Crippen LogP contribution in [-0.2, 0) is 0 Å². The summed E-state index contributed by atoms with van der Waals surface area (Å²) in [7, 11) is 1.82. The molecule has 1 rings (SSSR count). The minimum atomic E-state index is -0.0365. The van der Waals surface area contributed by atoms with Crippen LogP contribution < -0.4 is 5.32 Å². The van der Waals surface area contributed by atoms with E-state index in [-0.39, 0.29) is 5.91 Å². The van der Waals surface area contributed by atoms with Gasteiger partial charge in [-0.3, -0.25) is 4.79 Å². The van der Waals surface area contributed by atoms with Crippen molar-refractivity contribution < 1.29 is 4.79 Å². The van der Waals surface area contributed by atoms with E-state index < -0.39 is 0 Å². The first-order chi connectivity index (χ1) is 10.1. The molecule has 5 heteroatoms. The van der Waals surface area contributed by atoms with Crippen LogP contribution >= 0.6 is 0 Å². The van der Waals surface area contributed by atoms with E-state index in [1.807, 2.05) is 14.0 Å². The van der Waals surface area contributed by atoms with E-state index in [1.54, 1.807) is 11.0 Å². The van der Waals surface area contributed by atoms with E-state index in [0.717, 1.165) is 38.2 Å². The molecule has 0 aromatic carbocycles. The van der Waals surface area contributed by atoms with Crippen LogP contribution in [0.25, 0.3) is 0 Å². The van der Waals surface area contributed by atoms with Gasteiger partial charge in [0.2, 0.25) is 0 Å². The summed E-state index contributed by atoms with van der Waals surface area (Å²) >= 11 is 0. The molecule has 0 saturated carbocycles. The molecule has 0 fully saturated rings. The van der Waals surface area contributed by atoms with Gasteiger partial charge in [-0.2, -0.15) is 0 Å². The Morgan fingerprint density at radius 2 is 1.90 bits per heavy atom. The van der Waals surface area contributed by atoms with Crippen molar-refractivity contribution >= 4 is 11.7 Å². The van der Waals surface area contributed by atoms with Crippen molar-refractivity contribution in [2.45, 2.75) is 52.9 Å². The number of hydrogen-bond acceptors (Lipinski definition) is 4. The Kier molecular flexibility index (Phi) is 7.72. The fourth-order valence-corrected chi connectivity index (χ4v) is 2.05. The molecular weight excluding hydrogens is 264 g/mol. The zero-order chi connectivity index (χ0) is 15.7. The van der Waals surface area contributed by atoms with Gasteiger partial charge in [-0.05, 0) is 19.8 Å². The van der Waals surface area contributed by atoms with E-state index in [1.165, 1.54) is 12.8 Å². The van der Waals surface area contributed by atoms with Crippen molar-refractivity contribution in [1.29, 1.82) is 0 Å². The average molecular weight is 292 g/mol. The highest BCUT2D eigenvalue weighted by Crippen LogP contribution is 2.10. The van der Waals surface area contributed by atoms with Crippen LogP contribution in [0.5, 0.6) is 0 Å². The van der Waals surface area contributed by atoms with Crippen LogP contribution in [-0.4, -0.2) is 40.9 Å². The van der Waals surface area contributed by atoms with Crippen molar-refractivity contribution in [1.82, 2.24) is 14.9 Å².